The summed E-state index contributed by atoms with van der Waals surface area (Å²) in [7, 11) is 0. The average molecular weight is 296 g/mol. The first-order valence-electron chi connectivity index (χ1n) is 8.34. The molecular formula is C17H32N2O2. The van der Waals surface area contributed by atoms with Crippen molar-refractivity contribution in [1.82, 2.24) is 10.6 Å². The Morgan fingerprint density at radius 1 is 1.24 bits per heavy atom. The number of alkyl carbamates (subject to hydrolysis) is 1. The Morgan fingerprint density at radius 3 is 2.29 bits per heavy atom. The van der Waals surface area contributed by atoms with Crippen LogP contribution in [0, 0.1) is 11.3 Å². The number of hydrogen-bond acceptors (Lipinski definition) is 3. The van der Waals surface area contributed by atoms with E-state index in [0.29, 0.717) is 17.9 Å². The summed E-state index contributed by atoms with van der Waals surface area (Å²) in [5.74, 6) is 0.677. The molecule has 0 aliphatic heterocycles. The minimum absolute atomic E-state index is 0.00446. The van der Waals surface area contributed by atoms with Crippen LogP contribution in [0.4, 0.5) is 4.79 Å². The molecule has 0 heterocycles. The van der Waals surface area contributed by atoms with Crippen LogP contribution < -0.4 is 10.6 Å². The van der Waals surface area contributed by atoms with Gasteiger partial charge in [0.1, 0.15) is 5.60 Å². The summed E-state index contributed by atoms with van der Waals surface area (Å²) >= 11 is 0. The van der Waals surface area contributed by atoms with Crippen LogP contribution in [0.15, 0.2) is 0 Å². The van der Waals surface area contributed by atoms with Crippen molar-refractivity contribution in [3.63, 3.8) is 0 Å². The third kappa shape index (κ3) is 4.87. The molecule has 2 aliphatic carbocycles. The molecule has 4 heteroatoms. The van der Waals surface area contributed by atoms with E-state index >= 15 is 0 Å². The van der Waals surface area contributed by atoms with E-state index in [1.807, 2.05) is 20.8 Å². The first kappa shape index (κ1) is 16.6. The van der Waals surface area contributed by atoms with Gasteiger partial charge in [-0.1, -0.05) is 13.3 Å². The van der Waals surface area contributed by atoms with Crippen molar-refractivity contribution in [1.29, 1.82) is 0 Å². The average Bonchev–Trinajstić information content (AvgIpc) is 3.14. The second-order valence-corrected chi connectivity index (χ2v) is 8.56. The highest BCUT2D eigenvalue weighted by Crippen LogP contribution is 2.43. The van der Waals surface area contributed by atoms with Crippen molar-refractivity contribution in [2.24, 2.45) is 11.3 Å². The van der Waals surface area contributed by atoms with E-state index in [1.54, 1.807) is 0 Å². The predicted molar refractivity (Wildman–Crippen MR) is 85.3 cm³/mol. The van der Waals surface area contributed by atoms with Crippen LogP contribution in [0.3, 0.4) is 0 Å². The number of ether oxygens (including phenoxy) is 1. The van der Waals surface area contributed by atoms with Crippen LogP contribution in [0.2, 0.25) is 0 Å². The standard InChI is InChI=1S/C17H32N2O2/c1-15(2,3)21-14(20)18-12-17(5,13-7-8-13)19-11-16(4)9-6-10-16/h13,19H,6-12H2,1-5H3,(H,18,20)/t17-/m1/s1. The molecule has 0 bridgehead atoms. The van der Waals surface area contributed by atoms with Gasteiger partial charge in [0.15, 0.2) is 0 Å². The third-order valence-electron chi connectivity index (χ3n) is 4.96. The van der Waals surface area contributed by atoms with Gasteiger partial charge in [0.25, 0.3) is 0 Å². The lowest BCUT2D eigenvalue weighted by atomic mass is 9.70. The zero-order valence-electron chi connectivity index (χ0n) is 14.3. The summed E-state index contributed by atoms with van der Waals surface area (Å²) in [5, 5.41) is 6.70. The Bertz CT molecular complexity index is 381. The maximum absolute atomic E-state index is 11.9. The fourth-order valence-electron chi connectivity index (χ4n) is 3.01. The van der Waals surface area contributed by atoms with E-state index in [0.717, 1.165) is 6.54 Å². The van der Waals surface area contributed by atoms with E-state index in [9.17, 15) is 4.79 Å². The molecule has 0 spiro atoms. The summed E-state index contributed by atoms with van der Waals surface area (Å²) in [5.41, 5.74) is 0.0183. The van der Waals surface area contributed by atoms with Crippen molar-refractivity contribution in [2.45, 2.75) is 77.9 Å². The number of amides is 1. The quantitative estimate of drug-likeness (QED) is 0.789. The van der Waals surface area contributed by atoms with Crippen LogP contribution >= 0.6 is 0 Å². The molecule has 2 rings (SSSR count). The van der Waals surface area contributed by atoms with E-state index in [4.69, 9.17) is 4.74 Å². The highest BCUT2D eigenvalue weighted by molar-refractivity contribution is 5.67. The van der Waals surface area contributed by atoms with Gasteiger partial charge >= 0.3 is 6.09 Å². The minimum Gasteiger partial charge on any atom is -0.444 e. The molecule has 0 saturated heterocycles. The van der Waals surface area contributed by atoms with Gasteiger partial charge in [0, 0.05) is 18.6 Å². The molecule has 1 atom stereocenters. The molecule has 0 unspecified atom stereocenters. The third-order valence-corrected chi connectivity index (χ3v) is 4.96. The van der Waals surface area contributed by atoms with Gasteiger partial charge in [-0.05, 0) is 64.7 Å². The highest BCUT2D eigenvalue weighted by atomic mass is 16.6. The van der Waals surface area contributed by atoms with Gasteiger partial charge in [-0.3, -0.25) is 0 Å². The summed E-state index contributed by atoms with van der Waals surface area (Å²) in [4.78, 5) is 11.9. The predicted octanol–water partition coefficient (Wildman–Crippen LogP) is 3.46. The smallest absolute Gasteiger partial charge is 0.407 e. The largest absolute Gasteiger partial charge is 0.444 e. The van der Waals surface area contributed by atoms with Crippen molar-refractivity contribution in [3.8, 4) is 0 Å². The molecule has 0 radical (unpaired) electrons. The molecule has 0 aromatic carbocycles. The van der Waals surface area contributed by atoms with E-state index in [1.165, 1.54) is 32.1 Å². The molecule has 2 aliphatic rings. The molecule has 21 heavy (non-hydrogen) atoms. The second-order valence-electron chi connectivity index (χ2n) is 8.56. The number of carbonyl (C=O) groups is 1. The zero-order chi connectivity index (χ0) is 15.7. The van der Waals surface area contributed by atoms with E-state index < -0.39 is 5.60 Å². The molecule has 2 saturated carbocycles. The molecule has 4 nitrogen and oxygen atoms in total. The fraction of sp³-hybridized carbons (Fsp3) is 0.941. The Labute approximate surface area is 129 Å². The first-order valence-corrected chi connectivity index (χ1v) is 8.34. The van der Waals surface area contributed by atoms with Crippen molar-refractivity contribution in [3.05, 3.63) is 0 Å². The van der Waals surface area contributed by atoms with Crippen molar-refractivity contribution >= 4 is 6.09 Å². The molecule has 0 aromatic rings. The molecule has 2 fully saturated rings. The van der Waals surface area contributed by atoms with Crippen molar-refractivity contribution in [2.75, 3.05) is 13.1 Å². The fourth-order valence-corrected chi connectivity index (χ4v) is 3.01. The van der Waals surface area contributed by atoms with Crippen LogP contribution in [-0.2, 0) is 4.74 Å². The molecule has 2 N–H and O–H groups in total. The van der Waals surface area contributed by atoms with Crippen LogP contribution in [-0.4, -0.2) is 30.3 Å². The lowest BCUT2D eigenvalue weighted by molar-refractivity contribution is 0.0501. The summed E-state index contributed by atoms with van der Waals surface area (Å²) in [6.45, 7) is 12.0. The topological polar surface area (TPSA) is 50.4 Å². The zero-order valence-corrected chi connectivity index (χ0v) is 14.3. The van der Waals surface area contributed by atoms with Crippen LogP contribution in [0.25, 0.3) is 0 Å². The molecule has 122 valence electrons. The summed E-state index contributed by atoms with van der Waals surface area (Å²) < 4.78 is 5.33. The number of nitrogens with one attached hydrogen (secondary N) is 2. The van der Waals surface area contributed by atoms with E-state index in [2.05, 4.69) is 24.5 Å². The molecule has 1 amide bonds. The normalized spacial score (nSPS) is 23.9. The van der Waals surface area contributed by atoms with Crippen LogP contribution in [0.5, 0.6) is 0 Å². The van der Waals surface area contributed by atoms with Gasteiger partial charge in [-0.15, -0.1) is 0 Å². The maximum Gasteiger partial charge on any atom is 0.407 e. The number of carbonyl (C=O) groups excluding carboxylic acids is 1. The molecule has 0 aromatic heterocycles. The summed E-state index contributed by atoms with van der Waals surface area (Å²) in [6, 6.07) is 0. The van der Waals surface area contributed by atoms with Gasteiger partial charge in [0.05, 0.1) is 0 Å². The summed E-state index contributed by atoms with van der Waals surface area (Å²) in [6.07, 6.45) is 6.20. The molecular weight excluding hydrogens is 264 g/mol. The van der Waals surface area contributed by atoms with E-state index in [-0.39, 0.29) is 11.6 Å². The second kappa shape index (κ2) is 5.79. The first-order chi connectivity index (χ1) is 9.62. The van der Waals surface area contributed by atoms with Crippen LogP contribution in [0.1, 0.15) is 66.7 Å². The Morgan fingerprint density at radius 2 is 1.86 bits per heavy atom. The highest BCUT2D eigenvalue weighted by Gasteiger charge is 2.43. The minimum atomic E-state index is -0.438. The van der Waals surface area contributed by atoms with Gasteiger partial charge < -0.3 is 15.4 Å². The van der Waals surface area contributed by atoms with Gasteiger partial charge in [0.2, 0.25) is 0 Å². The van der Waals surface area contributed by atoms with Gasteiger partial charge in [-0.2, -0.15) is 0 Å². The Balaban J connectivity index is 1.82. The SMILES string of the molecule is CC1(CN[C@](C)(CNC(=O)OC(C)(C)C)C2CC2)CCC1. The Hall–Kier alpha value is -0.770. The van der Waals surface area contributed by atoms with Crippen molar-refractivity contribution < 1.29 is 9.53 Å². The van der Waals surface area contributed by atoms with Gasteiger partial charge in [-0.25, -0.2) is 4.79 Å². The monoisotopic (exact) mass is 296 g/mol. The lowest BCUT2D eigenvalue weighted by Crippen LogP contribution is -2.56. The number of hydrogen-bond donors (Lipinski definition) is 2. The lowest BCUT2D eigenvalue weighted by Gasteiger charge is -2.42. The Kier molecular flexibility index (Phi) is 4.57. The maximum atomic E-state index is 11.9. The number of rotatable bonds is 6.